The maximum Gasteiger partial charge on any atom is 0.261 e. The van der Waals surface area contributed by atoms with Crippen LogP contribution in [-0.2, 0) is 26.0 Å². The third kappa shape index (κ3) is 6.57. The Bertz CT molecular complexity index is 1430. The molecule has 2 aromatic carbocycles. The van der Waals surface area contributed by atoms with Gasteiger partial charge in [-0.15, -0.1) is 0 Å². The van der Waals surface area contributed by atoms with Crippen molar-refractivity contribution in [1.29, 1.82) is 0 Å². The lowest BCUT2D eigenvalue weighted by Crippen LogP contribution is -2.49. The average Bonchev–Trinajstić information content (AvgIpc) is 3.52. The zero-order chi connectivity index (χ0) is 31.7. The van der Waals surface area contributed by atoms with Gasteiger partial charge in [-0.1, -0.05) is 29.8 Å². The summed E-state index contributed by atoms with van der Waals surface area (Å²) in [5.41, 5.74) is 4.18. The van der Waals surface area contributed by atoms with Gasteiger partial charge in [0.1, 0.15) is 5.75 Å². The van der Waals surface area contributed by atoms with Gasteiger partial charge in [0.25, 0.3) is 5.91 Å². The molecule has 2 aliphatic carbocycles. The SMILES string of the molecule is CO[C@H]1/C=C\C[C@@H](OC)[C@H](C[C@@H]2CCCO2)SNC(=O)c2ccc3c(c2)N(C[C@@H]2CC[C@H]21)C[C@@]1(CCCc2cc(Cl)ccc21)CO3. The van der Waals surface area contributed by atoms with Crippen LogP contribution in [0.5, 0.6) is 5.75 Å². The van der Waals surface area contributed by atoms with Crippen molar-refractivity contribution >= 4 is 35.1 Å². The van der Waals surface area contributed by atoms with Crippen LogP contribution in [0.25, 0.3) is 0 Å². The molecule has 0 aromatic heterocycles. The Morgan fingerprint density at radius 3 is 2.80 bits per heavy atom. The first-order chi connectivity index (χ1) is 22.5. The number of carbonyl (C=O) groups excluding carboxylic acids is 1. The van der Waals surface area contributed by atoms with Crippen molar-refractivity contribution in [3.05, 3.63) is 70.3 Å². The quantitative estimate of drug-likeness (QED) is 0.275. The Kier molecular flexibility index (Phi) is 9.90. The Hall–Kier alpha value is -2.23. The second-order valence-corrected chi connectivity index (χ2v) is 15.4. The van der Waals surface area contributed by atoms with E-state index >= 15 is 0 Å². The molecule has 3 heterocycles. The van der Waals surface area contributed by atoms with E-state index in [2.05, 4.69) is 33.9 Å². The van der Waals surface area contributed by atoms with E-state index in [1.165, 1.54) is 23.1 Å². The monoisotopic (exact) mass is 666 g/mol. The number of halogens is 1. The molecule has 3 aliphatic heterocycles. The highest BCUT2D eigenvalue weighted by atomic mass is 35.5. The number of ether oxygens (including phenoxy) is 4. The third-order valence-corrected chi connectivity index (χ3v) is 12.5. The van der Waals surface area contributed by atoms with E-state index in [0.29, 0.717) is 24.0 Å². The lowest BCUT2D eigenvalue weighted by atomic mass is 9.68. The van der Waals surface area contributed by atoms with Crippen LogP contribution in [0.4, 0.5) is 5.69 Å². The number of carbonyl (C=O) groups is 1. The van der Waals surface area contributed by atoms with Crippen LogP contribution in [0.3, 0.4) is 0 Å². The van der Waals surface area contributed by atoms with Gasteiger partial charge in [-0.25, -0.2) is 0 Å². The zero-order valence-electron chi connectivity index (χ0n) is 27.0. The maximum absolute atomic E-state index is 13.8. The molecule has 1 saturated heterocycles. The molecule has 1 spiro atoms. The lowest BCUT2D eigenvalue weighted by Gasteiger charge is -2.46. The van der Waals surface area contributed by atoms with Gasteiger partial charge in [-0.3, -0.25) is 9.52 Å². The van der Waals surface area contributed by atoms with E-state index in [9.17, 15) is 4.79 Å². The first-order valence-electron chi connectivity index (χ1n) is 17.1. The smallest absolute Gasteiger partial charge is 0.261 e. The molecule has 0 radical (unpaired) electrons. The van der Waals surface area contributed by atoms with Crippen LogP contribution in [0.2, 0.25) is 5.02 Å². The van der Waals surface area contributed by atoms with E-state index in [1.807, 2.05) is 31.4 Å². The number of methoxy groups -OCH3 is 2. The number of hydrogen-bond donors (Lipinski definition) is 1. The summed E-state index contributed by atoms with van der Waals surface area (Å²) in [4.78, 5) is 16.3. The minimum Gasteiger partial charge on any atom is -0.490 e. The van der Waals surface area contributed by atoms with Crippen molar-refractivity contribution in [2.45, 2.75) is 86.8 Å². The lowest BCUT2D eigenvalue weighted by molar-refractivity contribution is 0.0128. The van der Waals surface area contributed by atoms with Crippen LogP contribution in [0, 0.1) is 11.8 Å². The minimum absolute atomic E-state index is 0.0486. The predicted molar refractivity (Wildman–Crippen MR) is 184 cm³/mol. The topological polar surface area (TPSA) is 69.3 Å². The number of amides is 1. The molecular formula is C37H47ClN2O5S. The first kappa shape index (κ1) is 32.3. The molecule has 5 aliphatic rings. The van der Waals surface area contributed by atoms with Gasteiger partial charge in [0.05, 0.1) is 35.9 Å². The Morgan fingerprint density at radius 2 is 2.02 bits per heavy atom. The largest absolute Gasteiger partial charge is 0.490 e. The van der Waals surface area contributed by atoms with Gasteiger partial charge in [0.2, 0.25) is 0 Å². The van der Waals surface area contributed by atoms with E-state index < -0.39 is 0 Å². The molecule has 1 N–H and O–H groups in total. The summed E-state index contributed by atoms with van der Waals surface area (Å²) < 4.78 is 28.0. The normalized spacial score (nSPS) is 33.6. The maximum atomic E-state index is 13.8. The molecule has 7 atom stereocenters. The summed E-state index contributed by atoms with van der Waals surface area (Å²) in [5.74, 6) is 1.65. The molecule has 2 bridgehead atoms. The third-order valence-electron chi connectivity index (χ3n) is 11.2. The van der Waals surface area contributed by atoms with Crippen molar-refractivity contribution in [2.24, 2.45) is 11.8 Å². The van der Waals surface area contributed by atoms with E-state index in [-0.39, 0.29) is 34.9 Å². The first-order valence-corrected chi connectivity index (χ1v) is 18.3. The summed E-state index contributed by atoms with van der Waals surface area (Å²) >= 11 is 7.93. The van der Waals surface area contributed by atoms with Crippen LogP contribution in [0.1, 0.15) is 72.9 Å². The second-order valence-electron chi connectivity index (χ2n) is 13.9. The van der Waals surface area contributed by atoms with Crippen molar-refractivity contribution < 1.29 is 23.7 Å². The molecule has 2 fully saturated rings. The summed E-state index contributed by atoms with van der Waals surface area (Å²) in [6.07, 6.45) is 13.9. The molecule has 7 nitrogen and oxygen atoms in total. The minimum atomic E-state index is -0.152. The van der Waals surface area contributed by atoms with Gasteiger partial charge in [-0.05, 0) is 123 Å². The molecule has 248 valence electrons. The highest BCUT2D eigenvalue weighted by Crippen LogP contribution is 2.47. The number of hydrogen-bond acceptors (Lipinski definition) is 7. The number of anilines is 1. The Balaban J connectivity index is 1.24. The number of fused-ring (bicyclic) bond motifs is 4. The molecule has 1 saturated carbocycles. The molecule has 1 amide bonds. The number of nitrogens with one attached hydrogen (secondary N) is 1. The van der Waals surface area contributed by atoms with Gasteiger partial charge in [0.15, 0.2) is 0 Å². The summed E-state index contributed by atoms with van der Waals surface area (Å²) in [7, 11) is 3.60. The number of nitrogens with zero attached hydrogens (tertiary/aromatic N) is 1. The fourth-order valence-corrected chi connectivity index (χ4v) is 9.74. The number of rotatable bonds is 4. The average molecular weight is 667 g/mol. The zero-order valence-corrected chi connectivity index (χ0v) is 28.6. The summed E-state index contributed by atoms with van der Waals surface area (Å²) in [5, 5.41) is 0.838. The van der Waals surface area contributed by atoms with Crippen molar-refractivity contribution in [2.75, 3.05) is 45.4 Å². The number of aryl methyl sites for hydroxylation is 1. The van der Waals surface area contributed by atoms with Gasteiger partial charge in [0, 0.05) is 49.9 Å². The highest BCUT2D eigenvalue weighted by molar-refractivity contribution is 7.98. The van der Waals surface area contributed by atoms with Crippen molar-refractivity contribution in [1.82, 2.24) is 4.72 Å². The van der Waals surface area contributed by atoms with Crippen LogP contribution in [0.15, 0.2) is 48.6 Å². The number of benzene rings is 2. The van der Waals surface area contributed by atoms with E-state index in [4.69, 9.17) is 30.5 Å². The van der Waals surface area contributed by atoms with Crippen molar-refractivity contribution in [3.8, 4) is 5.75 Å². The van der Waals surface area contributed by atoms with Crippen LogP contribution < -0.4 is 14.4 Å². The fraction of sp³-hybridized carbons (Fsp3) is 0.595. The highest BCUT2D eigenvalue weighted by Gasteiger charge is 2.44. The Morgan fingerprint density at radius 1 is 1.11 bits per heavy atom. The van der Waals surface area contributed by atoms with E-state index in [0.717, 1.165) is 93.9 Å². The predicted octanol–water partition coefficient (Wildman–Crippen LogP) is 7.14. The van der Waals surface area contributed by atoms with Gasteiger partial charge >= 0.3 is 0 Å². The van der Waals surface area contributed by atoms with E-state index in [1.54, 1.807) is 7.11 Å². The van der Waals surface area contributed by atoms with Gasteiger partial charge in [-0.2, -0.15) is 0 Å². The molecule has 9 heteroatoms. The fourth-order valence-electron chi connectivity index (χ4n) is 8.49. The van der Waals surface area contributed by atoms with Crippen LogP contribution >= 0.6 is 23.5 Å². The molecule has 2 aromatic rings. The van der Waals surface area contributed by atoms with Crippen LogP contribution in [-0.4, -0.2) is 70.0 Å². The Labute approximate surface area is 282 Å². The van der Waals surface area contributed by atoms with Gasteiger partial charge < -0.3 is 23.8 Å². The molecular weight excluding hydrogens is 620 g/mol. The molecule has 46 heavy (non-hydrogen) atoms. The molecule has 0 unspecified atom stereocenters. The molecule has 7 rings (SSSR count). The summed E-state index contributed by atoms with van der Waals surface area (Å²) in [6.45, 7) is 3.14. The summed E-state index contributed by atoms with van der Waals surface area (Å²) in [6, 6.07) is 12.3. The standard InChI is InChI=1S/C37H47ClN2O5S/c1-42-32-8-3-9-34(43-2)35(20-28-7-5-17-44-28)46-39-36(41)25-11-15-33-31(19-25)40(21-26-10-13-29(26)32)22-37(23-45-33)16-4-6-24-18-27(38)12-14-30(24)37/h3,8,11-12,14-15,18-19,26,28-29,32,34-35H,4-7,9-10,13,16-17,20-23H2,1-2H3,(H,39,41)/b8-3-/t26-,28-,29+,32-,34+,35-,37-/m0/s1. The second kappa shape index (κ2) is 14.1. The van der Waals surface area contributed by atoms with Crippen molar-refractivity contribution in [3.63, 3.8) is 0 Å².